The molecule has 0 aliphatic carbocycles. The zero-order valence-corrected chi connectivity index (χ0v) is 18.2. The number of carbonyl (C=O) groups excluding carboxylic acids is 2. The fraction of sp³-hybridized carbons (Fsp3) is 0.417. The lowest BCUT2D eigenvalue weighted by atomic mass is 10.1. The van der Waals surface area contributed by atoms with Gasteiger partial charge in [0, 0.05) is 19.5 Å². The molecule has 0 aromatic heterocycles. The van der Waals surface area contributed by atoms with Gasteiger partial charge in [0.1, 0.15) is 11.5 Å². The highest BCUT2D eigenvalue weighted by molar-refractivity contribution is 5.97. The third kappa shape index (κ3) is 6.21. The van der Waals surface area contributed by atoms with Crippen LogP contribution in [-0.4, -0.2) is 57.1 Å². The van der Waals surface area contributed by atoms with Crippen LogP contribution in [0.3, 0.4) is 0 Å². The Morgan fingerprint density at radius 2 is 1.68 bits per heavy atom. The summed E-state index contributed by atoms with van der Waals surface area (Å²) >= 11 is 0. The molecule has 2 amide bonds. The van der Waals surface area contributed by atoms with E-state index in [2.05, 4.69) is 27.7 Å². The molecule has 2 N–H and O–H groups in total. The van der Waals surface area contributed by atoms with Crippen LogP contribution >= 0.6 is 0 Å². The quantitative estimate of drug-likeness (QED) is 0.612. The van der Waals surface area contributed by atoms with E-state index in [4.69, 9.17) is 9.47 Å². The average Bonchev–Trinajstić information content (AvgIpc) is 3.34. The van der Waals surface area contributed by atoms with E-state index in [0.717, 1.165) is 24.4 Å². The summed E-state index contributed by atoms with van der Waals surface area (Å²) in [4.78, 5) is 27.2. The summed E-state index contributed by atoms with van der Waals surface area (Å²) in [5, 5.41) is 5.82. The molecule has 1 fully saturated rings. The number of ether oxygens (including phenoxy) is 2. The molecule has 31 heavy (non-hydrogen) atoms. The lowest BCUT2D eigenvalue weighted by Gasteiger charge is -2.28. The van der Waals surface area contributed by atoms with Crippen LogP contribution in [0.2, 0.25) is 0 Å². The van der Waals surface area contributed by atoms with Crippen molar-refractivity contribution in [2.45, 2.75) is 25.3 Å². The Morgan fingerprint density at radius 1 is 0.968 bits per heavy atom. The summed E-state index contributed by atoms with van der Waals surface area (Å²) in [5.41, 5.74) is 1.62. The van der Waals surface area contributed by atoms with Crippen LogP contribution in [0.15, 0.2) is 48.5 Å². The van der Waals surface area contributed by atoms with E-state index in [1.54, 1.807) is 25.3 Å². The van der Waals surface area contributed by atoms with Crippen molar-refractivity contribution in [3.05, 3.63) is 59.7 Å². The highest BCUT2D eigenvalue weighted by Gasteiger charge is 2.24. The molecule has 7 nitrogen and oxygen atoms in total. The van der Waals surface area contributed by atoms with Gasteiger partial charge in [0.15, 0.2) is 0 Å². The number of hydrogen-bond donors (Lipinski definition) is 2. The van der Waals surface area contributed by atoms with E-state index in [1.807, 2.05) is 18.2 Å². The van der Waals surface area contributed by atoms with Crippen LogP contribution < -0.4 is 20.1 Å². The number of carbonyl (C=O) groups is 2. The Hall–Kier alpha value is -3.06. The zero-order valence-electron chi connectivity index (χ0n) is 18.2. The highest BCUT2D eigenvalue weighted by Crippen LogP contribution is 2.26. The van der Waals surface area contributed by atoms with Crippen LogP contribution in [0.5, 0.6) is 11.5 Å². The maximum absolute atomic E-state index is 12.4. The molecule has 7 heteroatoms. The van der Waals surface area contributed by atoms with Crippen LogP contribution in [0.4, 0.5) is 0 Å². The minimum Gasteiger partial charge on any atom is -0.497 e. The number of methoxy groups -OCH3 is 2. The molecule has 1 atom stereocenters. The molecule has 0 saturated carbocycles. The second kappa shape index (κ2) is 11.4. The molecule has 3 rings (SSSR count). The minimum atomic E-state index is -0.251. The Morgan fingerprint density at radius 3 is 2.35 bits per heavy atom. The van der Waals surface area contributed by atoms with E-state index in [1.165, 1.54) is 20.0 Å². The number of benzene rings is 2. The zero-order chi connectivity index (χ0) is 22.1. The Kier molecular flexibility index (Phi) is 8.29. The molecule has 0 bridgehead atoms. The highest BCUT2D eigenvalue weighted by atomic mass is 16.5. The van der Waals surface area contributed by atoms with Gasteiger partial charge >= 0.3 is 0 Å². The second-order valence-corrected chi connectivity index (χ2v) is 7.54. The van der Waals surface area contributed by atoms with Gasteiger partial charge in [-0.15, -0.1) is 0 Å². The van der Waals surface area contributed by atoms with Gasteiger partial charge in [-0.05, 0) is 55.8 Å². The number of nitrogens with one attached hydrogen (secondary N) is 2. The molecule has 1 heterocycles. The molecule has 0 radical (unpaired) electrons. The van der Waals surface area contributed by atoms with Crippen LogP contribution in [-0.2, 0) is 4.79 Å². The monoisotopic (exact) mass is 425 g/mol. The fourth-order valence-electron chi connectivity index (χ4n) is 3.85. The number of para-hydroxylation sites is 1. The lowest BCUT2D eigenvalue weighted by Crippen LogP contribution is -2.38. The SMILES string of the molecule is COc1ccc([C@H](CNC(=O)CCNC(=O)c2ccccc2OC)N2CCCC2)cc1. The van der Waals surface area contributed by atoms with E-state index in [-0.39, 0.29) is 30.8 Å². The normalized spacial score (nSPS) is 14.6. The molecule has 0 spiro atoms. The fourth-order valence-corrected chi connectivity index (χ4v) is 3.85. The molecule has 1 saturated heterocycles. The van der Waals surface area contributed by atoms with E-state index in [9.17, 15) is 9.59 Å². The van der Waals surface area contributed by atoms with Crippen molar-refractivity contribution in [1.29, 1.82) is 0 Å². The van der Waals surface area contributed by atoms with Crippen molar-refractivity contribution < 1.29 is 19.1 Å². The predicted octanol–water partition coefficient (Wildman–Crippen LogP) is 2.78. The van der Waals surface area contributed by atoms with E-state index in [0.29, 0.717) is 17.9 Å². The smallest absolute Gasteiger partial charge is 0.255 e. The molecule has 166 valence electrons. The van der Waals surface area contributed by atoms with Crippen molar-refractivity contribution >= 4 is 11.8 Å². The van der Waals surface area contributed by atoms with Crippen LogP contribution in [0.25, 0.3) is 0 Å². The molecular weight excluding hydrogens is 394 g/mol. The molecular formula is C24H31N3O4. The van der Waals surface area contributed by atoms with Gasteiger partial charge in [0.25, 0.3) is 5.91 Å². The maximum atomic E-state index is 12.4. The van der Waals surface area contributed by atoms with Gasteiger partial charge in [0.2, 0.25) is 5.91 Å². The summed E-state index contributed by atoms with van der Waals surface area (Å²) in [6.07, 6.45) is 2.57. The first-order valence-electron chi connectivity index (χ1n) is 10.7. The van der Waals surface area contributed by atoms with Gasteiger partial charge in [-0.2, -0.15) is 0 Å². The first-order chi connectivity index (χ1) is 15.1. The molecule has 2 aromatic rings. The summed E-state index contributed by atoms with van der Waals surface area (Å²) in [7, 11) is 3.18. The molecule has 2 aromatic carbocycles. The van der Waals surface area contributed by atoms with Crippen molar-refractivity contribution in [3.8, 4) is 11.5 Å². The topological polar surface area (TPSA) is 79.9 Å². The molecule has 1 aliphatic rings. The number of rotatable bonds is 10. The summed E-state index contributed by atoms with van der Waals surface area (Å²) in [5.74, 6) is 0.993. The first kappa shape index (κ1) is 22.6. The van der Waals surface area contributed by atoms with Gasteiger partial charge < -0.3 is 20.1 Å². The predicted molar refractivity (Wildman–Crippen MR) is 119 cm³/mol. The Balaban J connectivity index is 1.50. The van der Waals surface area contributed by atoms with Crippen LogP contribution in [0.1, 0.15) is 41.2 Å². The minimum absolute atomic E-state index is 0.0852. The molecule has 0 unspecified atom stereocenters. The lowest BCUT2D eigenvalue weighted by molar-refractivity contribution is -0.121. The van der Waals surface area contributed by atoms with Crippen molar-refractivity contribution in [2.75, 3.05) is 40.4 Å². The average molecular weight is 426 g/mol. The first-order valence-corrected chi connectivity index (χ1v) is 10.7. The molecule has 1 aliphatic heterocycles. The number of nitrogens with zero attached hydrogens (tertiary/aromatic N) is 1. The van der Waals surface area contributed by atoms with Gasteiger partial charge in [-0.3, -0.25) is 14.5 Å². The maximum Gasteiger partial charge on any atom is 0.255 e. The number of amides is 2. The van der Waals surface area contributed by atoms with E-state index >= 15 is 0 Å². The largest absolute Gasteiger partial charge is 0.497 e. The van der Waals surface area contributed by atoms with Gasteiger partial charge in [0.05, 0.1) is 25.8 Å². The summed E-state index contributed by atoms with van der Waals surface area (Å²) in [6.45, 7) is 2.86. The standard InChI is InChI=1S/C24H31N3O4/c1-30-19-11-9-18(10-12-19)21(27-15-5-6-16-27)17-26-23(28)13-14-25-24(29)20-7-3-4-8-22(20)31-2/h3-4,7-12,21H,5-6,13-17H2,1-2H3,(H,25,29)(H,26,28)/t21-/m0/s1. The van der Waals surface area contributed by atoms with Gasteiger partial charge in [-0.1, -0.05) is 24.3 Å². The van der Waals surface area contributed by atoms with E-state index < -0.39 is 0 Å². The van der Waals surface area contributed by atoms with Crippen molar-refractivity contribution in [1.82, 2.24) is 15.5 Å². The third-order valence-electron chi connectivity index (χ3n) is 5.56. The van der Waals surface area contributed by atoms with Crippen LogP contribution in [0, 0.1) is 0 Å². The van der Waals surface area contributed by atoms with Crippen molar-refractivity contribution in [2.24, 2.45) is 0 Å². The number of hydrogen-bond acceptors (Lipinski definition) is 5. The Labute approximate surface area is 183 Å². The Bertz CT molecular complexity index is 863. The number of likely N-dealkylation sites (tertiary alicyclic amines) is 1. The second-order valence-electron chi connectivity index (χ2n) is 7.54. The third-order valence-corrected chi connectivity index (χ3v) is 5.56. The van der Waals surface area contributed by atoms with Gasteiger partial charge in [-0.25, -0.2) is 0 Å². The summed E-state index contributed by atoms with van der Waals surface area (Å²) in [6, 6.07) is 15.2. The van der Waals surface area contributed by atoms with Crippen molar-refractivity contribution in [3.63, 3.8) is 0 Å². The summed E-state index contributed by atoms with van der Waals surface area (Å²) < 4.78 is 10.5.